The van der Waals surface area contributed by atoms with Gasteiger partial charge in [0.15, 0.2) is 0 Å². The molecular formula is C23H26N2O5. The smallest absolute Gasteiger partial charge is 0.407 e. The van der Waals surface area contributed by atoms with Gasteiger partial charge in [-0.15, -0.1) is 0 Å². The summed E-state index contributed by atoms with van der Waals surface area (Å²) in [6.45, 7) is 3.80. The zero-order valence-electron chi connectivity index (χ0n) is 17.1. The Morgan fingerprint density at radius 2 is 1.57 bits per heavy atom. The second-order valence-electron chi connectivity index (χ2n) is 7.44. The Morgan fingerprint density at radius 3 is 2.10 bits per heavy atom. The number of nitrogens with one attached hydrogen (secondary N) is 2. The molecule has 0 bridgehead atoms. The van der Waals surface area contributed by atoms with Crippen molar-refractivity contribution in [3.05, 3.63) is 59.7 Å². The van der Waals surface area contributed by atoms with Crippen LogP contribution in [0, 0.1) is 0 Å². The molecule has 2 aromatic rings. The van der Waals surface area contributed by atoms with Crippen molar-refractivity contribution in [2.45, 2.75) is 44.7 Å². The minimum atomic E-state index is -1.20. The van der Waals surface area contributed by atoms with Crippen LogP contribution in [0.25, 0.3) is 11.1 Å². The van der Waals surface area contributed by atoms with Crippen molar-refractivity contribution in [2.24, 2.45) is 0 Å². The maximum atomic E-state index is 12.4. The number of rotatable bonds is 8. The number of hydrogen-bond acceptors (Lipinski definition) is 4. The summed E-state index contributed by atoms with van der Waals surface area (Å²) in [5.74, 6) is -1.84. The van der Waals surface area contributed by atoms with Crippen LogP contribution in [0.3, 0.4) is 0 Å². The van der Waals surface area contributed by atoms with Crippen LogP contribution in [0.1, 0.15) is 43.7 Å². The molecule has 0 aromatic heterocycles. The van der Waals surface area contributed by atoms with Crippen molar-refractivity contribution in [1.29, 1.82) is 0 Å². The summed E-state index contributed by atoms with van der Waals surface area (Å²) in [5, 5.41) is 14.2. The third-order valence-electron chi connectivity index (χ3n) is 5.33. The van der Waals surface area contributed by atoms with Crippen LogP contribution in [0.4, 0.5) is 4.79 Å². The van der Waals surface area contributed by atoms with Crippen LogP contribution in [-0.4, -0.2) is 41.8 Å². The number of carbonyl (C=O) groups excluding carboxylic acids is 2. The van der Waals surface area contributed by atoms with Gasteiger partial charge in [0.1, 0.15) is 12.6 Å². The van der Waals surface area contributed by atoms with E-state index in [-0.39, 0.29) is 18.6 Å². The van der Waals surface area contributed by atoms with Crippen LogP contribution < -0.4 is 10.6 Å². The van der Waals surface area contributed by atoms with E-state index in [0.29, 0.717) is 6.42 Å². The molecule has 0 heterocycles. The van der Waals surface area contributed by atoms with E-state index >= 15 is 0 Å². The molecule has 2 atom stereocenters. The highest BCUT2D eigenvalue weighted by Crippen LogP contribution is 2.44. The number of hydrogen-bond donors (Lipinski definition) is 3. The first-order valence-electron chi connectivity index (χ1n) is 10.0. The zero-order chi connectivity index (χ0) is 21.7. The highest BCUT2D eigenvalue weighted by atomic mass is 16.5. The third-order valence-corrected chi connectivity index (χ3v) is 5.33. The molecule has 2 aromatic carbocycles. The lowest BCUT2D eigenvalue weighted by atomic mass is 9.98. The minimum absolute atomic E-state index is 0.0899. The lowest BCUT2D eigenvalue weighted by molar-refractivity contribution is -0.140. The van der Waals surface area contributed by atoms with E-state index < -0.39 is 30.4 Å². The number of fused-ring (bicyclic) bond motifs is 3. The predicted octanol–water partition coefficient (Wildman–Crippen LogP) is 3.28. The maximum absolute atomic E-state index is 12.4. The highest BCUT2D eigenvalue weighted by Gasteiger charge is 2.30. The van der Waals surface area contributed by atoms with Gasteiger partial charge in [-0.1, -0.05) is 55.5 Å². The topological polar surface area (TPSA) is 105 Å². The molecule has 30 heavy (non-hydrogen) atoms. The molecule has 0 radical (unpaired) electrons. The van der Waals surface area contributed by atoms with E-state index in [9.17, 15) is 14.4 Å². The van der Waals surface area contributed by atoms with Gasteiger partial charge in [-0.25, -0.2) is 4.79 Å². The summed E-state index contributed by atoms with van der Waals surface area (Å²) >= 11 is 0. The van der Waals surface area contributed by atoms with E-state index in [1.807, 2.05) is 62.4 Å². The fourth-order valence-electron chi connectivity index (χ4n) is 3.61. The molecule has 0 aliphatic heterocycles. The molecular weight excluding hydrogens is 384 g/mol. The Morgan fingerprint density at radius 1 is 1.00 bits per heavy atom. The molecule has 3 rings (SSSR count). The molecule has 0 saturated heterocycles. The van der Waals surface area contributed by atoms with E-state index in [4.69, 9.17) is 9.84 Å². The van der Waals surface area contributed by atoms with E-state index in [1.165, 1.54) is 0 Å². The molecule has 0 spiro atoms. The van der Waals surface area contributed by atoms with Gasteiger partial charge in [-0.2, -0.15) is 0 Å². The van der Waals surface area contributed by atoms with Gasteiger partial charge in [0.25, 0.3) is 0 Å². The van der Waals surface area contributed by atoms with Crippen LogP contribution in [0.15, 0.2) is 48.5 Å². The SMILES string of the molecule is CCC(C)NC(=O)C(CC(=O)O)NC(=O)OCC1c2ccccc2-c2ccccc21. The summed E-state index contributed by atoms with van der Waals surface area (Å²) in [6, 6.07) is 14.6. The van der Waals surface area contributed by atoms with Crippen LogP contribution in [0.2, 0.25) is 0 Å². The van der Waals surface area contributed by atoms with Crippen molar-refractivity contribution in [1.82, 2.24) is 10.6 Å². The Hall–Kier alpha value is -3.35. The van der Waals surface area contributed by atoms with E-state index in [2.05, 4.69) is 10.6 Å². The zero-order valence-corrected chi connectivity index (χ0v) is 17.1. The van der Waals surface area contributed by atoms with Gasteiger partial charge >= 0.3 is 12.1 Å². The number of ether oxygens (including phenoxy) is 1. The average molecular weight is 410 g/mol. The molecule has 2 unspecified atom stereocenters. The summed E-state index contributed by atoms with van der Waals surface area (Å²) in [6.07, 6.45) is -0.648. The van der Waals surface area contributed by atoms with Crippen molar-refractivity contribution in [3.8, 4) is 11.1 Å². The van der Waals surface area contributed by atoms with Crippen molar-refractivity contribution in [2.75, 3.05) is 6.61 Å². The van der Waals surface area contributed by atoms with Crippen LogP contribution in [0.5, 0.6) is 0 Å². The van der Waals surface area contributed by atoms with Gasteiger partial charge < -0.3 is 20.5 Å². The highest BCUT2D eigenvalue weighted by molar-refractivity contribution is 5.89. The second-order valence-corrected chi connectivity index (χ2v) is 7.44. The number of carbonyl (C=O) groups is 3. The Labute approximate surface area is 175 Å². The summed E-state index contributed by atoms with van der Waals surface area (Å²) in [7, 11) is 0. The number of carboxylic acid groups (broad SMARTS) is 1. The molecule has 1 aliphatic carbocycles. The number of amides is 2. The van der Waals surface area contributed by atoms with Gasteiger partial charge in [0.2, 0.25) is 5.91 Å². The quantitative estimate of drug-likeness (QED) is 0.619. The maximum Gasteiger partial charge on any atom is 0.407 e. The molecule has 7 heteroatoms. The lowest BCUT2D eigenvalue weighted by Gasteiger charge is -2.20. The predicted molar refractivity (Wildman–Crippen MR) is 112 cm³/mol. The standard InChI is InChI=1S/C23H26N2O5/c1-3-14(2)24-22(28)20(12-21(26)27)25-23(29)30-13-19-17-10-6-4-8-15(17)16-9-5-7-11-18(16)19/h4-11,14,19-20H,3,12-13H2,1-2H3,(H,24,28)(H,25,29)(H,26,27). The van der Waals surface area contributed by atoms with Crippen molar-refractivity contribution < 1.29 is 24.2 Å². The summed E-state index contributed by atoms with van der Waals surface area (Å²) < 4.78 is 5.41. The molecule has 0 fully saturated rings. The van der Waals surface area contributed by atoms with Crippen LogP contribution in [-0.2, 0) is 14.3 Å². The van der Waals surface area contributed by atoms with Crippen LogP contribution >= 0.6 is 0 Å². The van der Waals surface area contributed by atoms with Gasteiger partial charge in [-0.3, -0.25) is 9.59 Å². The Balaban J connectivity index is 1.67. The fourth-order valence-corrected chi connectivity index (χ4v) is 3.61. The minimum Gasteiger partial charge on any atom is -0.481 e. The first-order valence-corrected chi connectivity index (χ1v) is 10.0. The lowest BCUT2D eigenvalue weighted by Crippen LogP contribution is -2.50. The third kappa shape index (κ3) is 4.79. The van der Waals surface area contributed by atoms with Gasteiger partial charge in [0.05, 0.1) is 6.42 Å². The average Bonchev–Trinajstić information content (AvgIpc) is 3.05. The monoisotopic (exact) mass is 410 g/mol. The Kier molecular flexibility index (Phi) is 6.72. The summed E-state index contributed by atoms with van der Waals surface area (Å²) in [4.78, 5) is 35.8. The molecule has 1 aliphatic rings. The number of aliphatic carboxylic acids is 1. The Bertz CT molecular complexity index is 897. The van der Waals surface area contributed by atoms with Gasteiger partial charge in [-0.05, 0) is 35.6 Å². The number of benzene rings is 2. The number of carboxylic acids is 1. The number of alkyl carbamates (subject to hydrolysis) is 1. The largest absolute Gasteiger partial charge is 0.481 e. The fraction of sp³-hybridized carbons (Fsp3) is 0.348. The van der Waals surface area contributed by atoms with Crippen molar-refractivity contribution in [3.63, 3.8) is 0 Å². The van der Waals surface area contributed by atoms with E-state index in [1.54, 1.807) is 0 Å². The molecule has 3 N–H and O–H groups in total. The molecule has 0 saturated carbocycles. The summed E-state index contributed by atoms with van der Waals surface area (Å²) in [5.41, 5.74) is 4.36. The van der Waals surface area contributed by atoms with Gasteiger partial charge in [0, 0.05) is 12.0 Å². The first-order chi connectivity index (χ1) is 14.4. The molecule has 2 amide bonds. The normalized spacial score (nSPS) is 14.2. The molecule has 158 valence electrons. The second kappa shape index (κ2) is 9.43. The molecule has 7 nitrogen and oxygen atoms in total. The van der Waals surface area contributed by atoms with Crippen molar-refractivity contribution >= 4 is 18.0 Å². The first kappa shape index (κ1) is 21.4. The van der Waals surface area contributed by atoms with E-state index in [0.717, 1.165) is 22.3 Å².